The average molecular weight is 584 g/mol. The van der Waals surface area contributed by atoms with Crippen molar-refractivity contribution in [1.82, 2.24) is 29.2 Å². The molecule has 4 rings (SSSR count). The number of rotatable bonds is 4. The Morgan fingerprint density at radius 1 is 1.21 bits per heavy atom. The minimum atomic E-state index is -5.08. The van der Waals surface area contributed by atoms with Crippen LogP contribution in [0.25, 0.3) is 16.9 Å². The largest absolute Gasteiger partial charge is 0.490 e. The lowest BCUT2D eigenvalue weighted by Gasteiger charge is -2.25. The third-order valence-electron chi connectivity index (χ3n) is 5.72. The number of sulfonamides is 1. The van der Waals surface area contributed by atoms with E-state index in [0.29, 0.717) is 24.1 Å². The van der Waals surface area contributed by atoms with E-state index < -0.39 is 45.5 Å². The van der Waals surface area contributed by atoms with E-state index in [4.69, 9.17) is 15.6 Å². The van der Waals surface area contributed by atoms with Gasteiger partial charge in [-0.05, 0) is 51.6 Å². The Kier molecular flexibility index (Phi) is 7.88. The molecule has 11 nitrogen and oxygen atoms in total. The van der Waals surface area contributed by atoms with Gasteiger partial charge in [0.1, 0.15) is 0 Å². The van der Waals surface area contributed by atoms with Gasteiger partial charge < -0.3 is 15.7 Å². The molecule has 39 heavy (non-hydrogen) atoms. The van der Waals surface area contributed by atoms with Gasteiger partial charge in [-0.2, -0.15) is 26.3 Å². The summed E-state index contributed by atoms with van der Waals surface area (Å²) < 4.78 is 101. The van der Waals surface area contributed by atoms with Gasteiger partial charge in [-0.25, -0.2) is 32.4 Å². The number of aromatic nitrogens is 4. The maximum atomic E-state index is 13.2. The van der Waals surface area contributed by atoms with Crippen molar-refractivity contribution in [2.75, 3.05) is 25.9 Å². The zero-order valence-corrected chi connectivity index (χ0v) is 21.4. The number of alkyl halides is 6. The molecule has 0 bridgehead atoms. The highest BCUT2D eigenvalue weighted by molar-refractivity contribution is 7.89. The van der Waals surface area contributed by atoms with E-state index in [0.717, 1.165) is 11.1 Å². The van der Waals surface area contributed by atoms with Gasteiger partial charge in [0.05, 0.1) is 16.8 Å². The van der Waals surface area contributed by atoms with Gasteiger partial charge in [-0.15, -0.1) is 5.10 Å². The van der Waals surface area contributed by atoms with E-state index in [1.807, 2.05) is 18.9 Å². The molecule has 0 aliphatic carbocycles. The van der Waals surface area contributed by atoms with Gasteiger partial charge in [0, 0.05) is 17.6 Å². The monoisotopic (exact) mass is 583 g/mol. The van der Waals surface area contributed by atoms with Gasteiger partial charge in [0.25, 0.3) is 5.82 Å². The fraction of sp³-hybridized carbons (Fsp3) is 0.429. The molecule has 18 heteroatoms. The van der Waals surface area contributed by atoms with Crippen LogP contribution in [-0.2, 0) is 21.0 Å². The van der Waals surface area contributed by atoms with Crippen molar-refractivity contribution in [3.8, 4) is 11.3 Å². The fourth-order valence-corrected chi connectivity index (χ4v) is 5.36. The van der Waals surface area contributed by atoms with E-state index >= 15 is 0 Å². The lowest BCUT2D eigenvalue weighted by molar-refractivity contribution is -0.192. The average Bonchev–Trinajstić information content (AvgIpc) is 3.35. The first kappa shape index (κ1) is 30.0. The highest BCUT2D eigenvalue weighted by Gasteiger charge is 2.39. The number of nitrogens with zero attached hydrogens (tertiary/aromatic N) is 5. The number of imidazole rings is 1. The Hall–Kier alpha value is -3.51. The van der Waals surface area contributed by atoms with Gasteiger partial charge in [0.2, 0.25) is 10.0 Å². The number of aryl methyl sites for hydroxylation is 1. The number of carbonyl (C=O) groups is 1. The number of benzene rings is 1. The van der Waals surface area contributed by atoms with Crippen molar-refractivity contribution in [3.05, 3.63) is 35.8 Å². The Morgan fingerprint density at radius 2 is 1.82 bits per heavy atom. The highest BCUT2D eigenvalue weighted by atomic mass is 32.2. The molecule has 1 fully saturated rings. The predicted octanol–water partition coefficient (Wildman–Crippen LogP) is 2.71. The number of carboxylic acid groups (broad SMARTS) is 1. The maximum absolute atomic E-state index is 13.2. The SMILES string of the molecule is Cc1ccc(S(=O)(=O)NC2(C)CCN(C)C2)cc1-c1cnc2c(N)nc(C(F)(F)F)nn12.O=C(O)C(F)(F)F. The zero-order valence-electron chi connectivity index (χ0n) is 20.6. The number of aliphatic carboxylic acids is 1. The van der Waals surface area contributed by atoms with Gasteiger partial charge >= 0.3 is 18.3 Å². The minimum absolute atomic E-state index is 0.0121. The summed E-state index contributed by atoms with van der Waals surface area (Å²) in [5, 5.41) is 10.7. The van der Waals surface area contributed by atoms with Crippen LogP contribution < -0.4 is 10.5 Å². The van der Waals surface area contributed by atoms with Gasteiger partial charge in [-0.3, -0.25) is 0 Å². The Bertz CT molecular complexity index is 1510. The van der Waals surface area contributed by atoms with Crippen LogP contribution in [-0.4, -0.2) is 75.8 Å². The minimum Gasteiger partial charge on any atom is -0.475 e. The molecule has 3 heterocycles. The second-order valence-electron chi connectivity index (χ2n) is 9.13. The number of nitrogen functional groups attached to an aromatic ring is 1. The third kappa shape index (κ3) is 6.74. The number of carboxylic acids is 1. The molecule has 1 saturated heterocycles. The fourth-order valence-electron chi connectivity index (χ4n) is 3.91. The Balaban J connectivity index is 0.000000532. The Labute approximate surface area is 217 Å². The van der Waals surface area contributed by atoms with Gasteiger partial charge in [-0.1, -0.05) is 6.07 Å². The summed E-state index contributed by atoms with van der Waals surface area (Å²) in [6, 6.07) is 4.44. The lowest BCUT2D eigenvalue weighted by atomic mass is 10.0. The summed E-state index contributed by atoms with van der Waals surface area (Å²) in [5.74, 6) is -4.60. The first-order valence-electron chi connectivity index (χ1n) is 11.0. The molecule has 1 aromatic carbocycles. The zero-order chi connectivity index (χ0) is 29.6. The summed E-state index contributed by atoms with van der Waals surface area (Å²) in [5.41, 5.74) is 6.14. The van der Waals surface area contributed by atoms with E-state index in [1.165, 1.54) is 18.3 Å². The van der Waals surface area contributed by atoms with E-state index in [9.17, 15) is 34.8 Å². The van der Waals surface area contributed by atoms with Crippen molar-refractivity contribution >= 4 is 27.5 Å². The number of hydrogen-bond donors (Lipinski definition) is 3. The number of halogens is 6. The molecule has 214 valence electrons. The summed E-state index contributed by atoms with van der Waals surface area (Å²) in [6.45, 7) is 4.88. The molecular weight excluding hydrogens is 560 g/mol. The van der Waals surface area contributed by atoms with Crippen LogP contribution in [0.4, 0.5) is 32.2 Å². The number of nitrogens with two attached hydrogens (primary N) is 1. The molecule has 4 N–H and O–H groups in total. The maximum Gasteiger partial charge on any atom is 0.490 e. The van der Waals surface area contributed by atoms with E-state index in [-0.39, 0.29) is 16.2 Å². The van der Waals surface area contributed by atoms with Crippen molar-refractivity contribution < 1.29 is 44.7 Å². The molecule has 1 unspecified atom stereocenters. The van der Waals surface area contributed by atoms with Crippen molar-refractivity contribution in [2.45, 2.75) is 43.1 Å². The summed E-state index contributed by atoms with van der Waals surface area (Å²) in [4.78, 5) is 18.2. The van der Waals surface area contributed by atoms with Crippen LogP contribution >= 0.6 is 0 Å². The first-order chi connectivity index (χ1) is 17.7. The van der Waals surface area contributed by atoms with Crippen LogP contribution in [0.3, 0.4) is 0 Å². The van der Waals surface area contributed by atoms with Crippen molar-refractivity contribution in [3.63, 3.8) is 0 Å². The first-order valence-corrected chi connectivity index (χ1v) is 12.4. The normalized spacial score (nSPS) is 18.7. The standard InChI is InChI=1S/C19H22F3N7O2S.C2HF3O2/c1-11-4-5-12(32(30,31)27-18(2)6-7-28(3)10-18)8-13(11)14-9-24-16-15(23)25-17(19(20,21)22)26-29(14)16;3-2(4,5)1(6)7/h4-5,8-9,27H,6-7,10H2,1-3H3,(H2,23,25,26);(H,6,7). The number of anilines is 1. The van der Waals surface area contributed by atoms with Gasteiger partial charge in [0.15, 0.2) is 11.5 Å². The van der Waals surface area contributed by atoms with Crippen LogP contribution in [0, 0.1) is 6.92 Å². The number of nitrogens with one attached hydrogen (secondary N) is 1. The Morgan fingerprint density at radius 3 is 2.33 bits per heavy atom. The molecular formula is C21H23F6N7O4S. The molecule has 0 radical (unpaired) electrons. The second-order valence-corrected chi connectivity index (χ2v) is 10.8. The van der Waals surface area contributed by atoms with Crippen molar-refractivity contribution in [2.24, 2.45) is 0 Å². The van der Waals surface area contributed by atoms with Crippen LogP contribution in [0.2, 0.25) is 0 Å². The van der Waals surface area contributed by atoms with E-state index in [2.05, 4.69) is 19.8 Å². The molecule has 1 aliphatic heterocycles. The van der Waals surface area contributed by atoms with Crippen LogP contribution in [0.1, 0.15) is 24.7 Å². The molecule has 2 aromatic heterocycles. The topological polar surface area (TPSA) is 156 Å². The van der Waals surface area contributed by atoms with Crippen molar-refractivity contribution in [1.29, 1.82) is 0 Å². The molecule has 0 spiro atoms. The molecule has 0 saturated carbocycles. The molecule has 1 atom stereocenters. The predicted molar refractivity (Wildman–Crippen MR) is 125 cm³/mol. The quantitative estimate of drug-likeness (QED) is 0.393. The molecule has 0 amide bonds. The molecule has 1 aliphatic rings. The van der Waals surface area contributed by atoms with Crippen LogP contribution in [0.15, 0.2) is 29.3 Å². The third-order valence-corrected chi connectivity index (χ3v) is 7.36. The lowest BCUT2D eigenvalue weighted by Crippen LogP contribution is -2.47. The molecule has 3 aromatic rings. The number of fused-ring (bicyclic) bond motifs is 1. The number of hydrogen-bond acceptors (Lipinski definition) is 8. The van der Waals surface area contributed by atoms with E-state index in [1.54, 1.807) is 13.0 Å². The summed E-state index contributed by atoms with van der Waals surface area (Å²) in [6.07, 6.45) is -7.94. The summed E-state index contributed by atoms with van der Waals surface area (Å²) >= 11 is 0. The summed E-state index contributed by atoms with van der Waals surface area (Å²) in [7, 11) is -1.98. The van der Waals surface area contributed by atoms with Crippen LogP contribution in [0.5, 0.6) is 0 Å². The smallest absolute Gasteiger partial charge is 0.475 e. The number of likely N-dealkylation sites (N-methyl/N-ethyl adjacent to an activating group) is 1. The number of likely N-dealkylation sites (tertiary alicyclic amines) is 1. The second kappa shape index (κ2) is 10.2. The highest BCUT2D eigenvalue weighted by Crippen LogP contribution is 2.31.